The number of ether oxygens (including phenoxy) is 3. The first-order valence-electron chi connectivity index (χ1n) is 34.1. The molecule has 1 unspecified atom stereocenters. The SMILES string of the molecule is CCCCC/C=C\C/C=C\CCCCCCCCCC(=O)OCC(COC(=O)CCCCCCCCCC/C=C\C/C=C\C/C=C\CCCCCCC)OC(=O)CCCCCCCCCCC/C=C\C/C=C\CCCCCCC. The Bertz CT molecular complexity index is 1500. The molecule has 6 heteroatoms. The molecule has 6 nitrogen and oxygen atoms in total. The van der Waals surface area contributed by atoms with Crippen LogP contribution in [0, 0.1) is 0 Å². The summed E-state index contributed by atoms with van der Waals surface area (Å²) >= 11 is 0. The fraction of sp³-hybridized carbons (Fsp3) is 0.767. The van der Waals surface area contributed by atoms with Crippen molar-refractivity contribution in [1.82, 2.24) is 0 Å². The van der Waals surface area contributed by atoms with Gasteiger partial charge in [-0.25, -0.2) is 0 Å². The molecule has 0 fully saturated rings. The smallest absolute Gasteiger partial charge is 0.306 e. The number of allylic oxidation sites excluding steroid dienone is 14. The Morgan fingerprint density at radius 3 is 0.734 bits per heavy atom. The quantitative estimate of drug-likeness (QED) is 0.0261. The second kappa shape index (κ2) is 67.1. The topological polar surface area (TPSA) is 78.9 Å². The van der Waals surface area contributed by atoms with Crippen molar-refractivity contribution in [2.45, 2.75) is 348 Å². The van der Waals surface area contributed by atoms with Gasteiger partial charge in [0.25, 0.3) is 0 Å². The molecule has 0 saturated heterocycles. The average Bonchev–Trinajstić information content (AvgIpc) is 3.45. The second-order valence-electron chi connectivity index (χ2n) is 22.7. The lowest BCUT2D eigenvalue weighted by atomic mass is 10.1. The third kappa shape index (κ3) is 65.3. The van der Waals surface area contributed by atoms with Gasteiger partial charge in [0.15, 0.2) is 6.10 Å². The van der Waals surface area contributed by atoms with Crippen LogP contribution in [-0.4, -0.2) is 37.2 Å². The molecule has 0 aromatic rings. The van der Waals surface area contributed by atoms with Crippen LogP contribution in [-0.2, 0) is 28.6 Å². The number of esters is 3. The second-order valence-corrected chi connectivity index (χ2v) is 22.7. The highest BCUT2D eigenvalue weighted by atomic mass is 16.6. The van der Waals surface area contributed by atoms with Crippen molar-refractivity contribution in [2.24, 2.45) is 0 Å². The van der Waals surface area contributed by atoms with Crippen molar-refractivity contribution in [2.75, 3.05) is 13.2 Å². The van der Waals surface area contributed by atoms with Crippen molar-refractivity contribution >= 4 is 17.9 Å². The van der Waals surface area contributed by atoms with Crippen LogP contribution in [0.3, 0.4) is 0 Å². The number of hydrogen-bond donors (Lipinski definition) is 0. The van der Waals surface area contributed by atoms with E-state index in [0.717, 1.165) is 96.3 Å². The Labute approximate surface area is 490 Å². The molecule has 0 N–H and O–H groups in total. The molecular weight excluding hydrogens is 973 g/mol. The number of hydrogen-bond acceptors (Lipinski definition) is 6. The summed E-state index contributed by atoms with van der Waals surface area (Å²) in [6.07, 6.45) is 88.7. The van der Waals surface area contributed by atoms with E-state index in [9.17, 15) is 14.4 Å². The first-order chi connectivity index (χ1) is 39.0. The normalized spacial score (nSPS) is 12.6. The number of carbonyl (C=O) groups excluding carboxylic acids is 3. The molecule has 456 valence electrons. The van der Waals surface area contributed by atoms with E-state index in [1.165, 1.54) is 205 Å². The van der Waals surface area contributed by atoms with Crippen molar-refractivity contribution < 1.29 is 28.6 Å². The van der Waals surface area contributed by atoms with E-state index in [2.05, 4.69) is 106 Å². The molecule has 1 atom stereocenters. The molecule has 0 saturated carbocycles. The predicted molar refractivity (Wildman–Crippen MR) is 344 cm³/mol. The van der Waals surface area contributed by atoms with Gasteiger partial charge in [-0.1, -0.05) is 286 Å². The van der Waals surface area contributed by atoms with Gasteiger partial charge in [-0.2, -0.15) is 0 Å². The Balaban J connectivity index is 4.39. The fourth-order valence-electron chi connectivity index (χ4n) is 9.69. The van der Waals surface area contributed by atoms with Gasteiger partial charge >= 0.3 is 17.9 Å². The maximum atomic E-state index is 13.0. The molecule has 0 spiro atoms. The van der Waals surface area contributed by atoms with E-state index in [1.54, 1.807) is 0 Å². The summed E-state index contributed by atoms with van der Waals surface area (Å²) in [6, 6.07) is 0. The number of unbranched alkanes of at least 4 members (excludes halogenated alkanes) is 37. The Kier molecular flexibility index (Phi) is 64.2. The zero-order valence-corrected chi connectivity index (χ0v) is 52.4. The first kappa shape index (κ1) is 75.6. The van der Waals surface area contributed by atoms with Gasteiger partial charge in [-0.3, -0.25) is 14.4 Å². The van der Waals surface area contributed by atoms with Gasteiger partial charge < -0.3 is 14.2 Å². The lowest BCUT2D eigenvalue weighted by molar-refractivity contribution is -0.167. The number of carbonyl (C=O) groups is 3. The monoisotopic (exact) mass is 1100 g/mol. The third-order valence-corrected chi connectivity index (χ3v) is 14.8. The minimum absolute atomic E-state index is 0.0837. The maximum absolute atomic E-state index is 13.0. The van der Waals surface area contributed by atoms with Crippen molar-refractivity contribution in [3.8, 4) is 0 Å². The summed E-state index contributed by atoms with van der Waals surface area (Å²) in [5.74, 6) is -0.887. The van der Waals surface area contributed by atoms with Gasteiger partial charge in [-0.15, -0.1) is 0 Å². The van der Waals surface area contributed by atoms with Crippen LogP contribution in [0.2, 0.25) is 0 Å². The molecule has 0 amide bonds. The lowest BCUT2D eigenvalue weighted by Crippen LogP contribution is -2.30. The van der Waals surface area contributed by atoms with E-state index < -0.39 is 6.10 Å². The highest BCUT2D eigenvalue weighted by molar-refractivity contribution is 5.71. The van der Waals surface area contributed by atoms with Crippen LogP contribution in [0.4, 0.5) is 0 Å². The Morgan fingerprint density at radius 1 is 0.253 bits per heavy atom. The van der Waals surface area contributed by atoms with Crippen LogP contribution in [0.15, 0.2) is 85.1 Å². The van der Waals surface area contributed by atoms with E-state index in [4.69, 9.17) is 14.2 Å². The summed E-state index contributed by atoms with van der Waals surface area (Å²) in [5.41, 5.74) is 0. The number of rotatable bonds is 62. The molecule has 0 aliphatic heterocycles. The van der Waals surface area contributed by atoms with Crippen LogP contribution in [0.25, 0.3) is 0 Å². The molecule has 79 heavy (non-hydrogen) atoms. The largest absolute Gasteiger partial charge is 0.462 e. The lowest BCUT2D eigenvalue weighted by Gasteiger charge is -2.18. The summed E-state index contributed by atoms with van der Waals surface area (Å²) in [4.78, 5) is 38.4. The fourth-order valence-corrected chi connectivity index (χ4v) is 9.69. The van der Waals surface area contributed by atoms with Crippen LogP contribution >= 0.6 is 0 Å². The van der Waals surface area contributed by atoms with Crippen molar-refractivity contribution in [1.29, 1.82) is 0 Å². The highest BCUT2D eigenvalue weighted by Gasteiger charge is 2.19. The van der Waals surface area contributed by atoms with Crippen LogP contribution in [0.5, 0.6) is 0 Å². The minimum Gasteiger partial charge on any atom is -0.462 e. The molecule has 0 heterocycles. The van der Waals surface area contributed by atoms with Crippen LogP contribution in [0.1, 0.15) is 342 Å². The van der Waals surface area contributed by atoms with E-state index in [-0.39, 0.29) is 31.1 Å². The van der Waals surface area contributed by atoms with Crippen molar-refractivity contribution in [3.63, 3.8) is 0 Å². The summed E-state index contributed by atoms with van der Waals surface area (Å²) in [6.45, 7) is 6.62. The molecule has 0 radical (unpaired) electrons. The van der Waals surface area contributed by atoms with E-state index in [1.807, 2.05) is 0 Å². The zero-order chi connectivity index (χ0) is 57.1. The van der Waals surface area contributed by atoms with E-state index in [0.29, 0.717) is 19.3 Å². The van der Waals surface area contributed by atoms with Gasteiger partial charge in [0.2, 0.25) is 0 Å². The maximum Gasteiger partial charge on any atom is 0.306 e. The minimum atomic E-state index is -0.788. The summed E-state index contributed by atoms with van der Waals surface area (Å²) in [5, 5.41) is 0. The Hall–Kier alpha value is -3.41. The van der Waals surface area contributed by atoms with Gasteiger partial charge in [-0.05, 0) is 122 Å². The summed E-state index contributed by atoms with van der Waals surface area (Å²) < 4.78 is 17.0. The molecule has 0 bridgehead atoms. The van der Waals surface area contributed by atoms with Gasteiger partial charge in [0.05, 0.1) is 0 Å². The van der Waals surface area contributed by atoms with Crippen LogP contribution < -0.4 is 0 Å². The Morgan fingerprint density at radius 2 is 0.456 bits per heavy atom. The average molecular weight is 1100 g/mol. The zero-order valence-electron chi connectivity index (χ0n) is 52.4. The molecule has 0 aliphatic carbocycles. The molecule has 0 aromatic carbocycles. The predicted octanol–water partition coefficient (Wildman–Crippen LogP) is 23.4. The van der Waals surface area contributed by atoms with Gasteiger partial charge in [0, 0.05) is 19.3 Å². The summed E-state index contributed by atoms with van der Waals surface area (Å²) in [7, 11) is 0. The molecule has 0 rings (SSSR count). The highest BCUT2D eigenvalue weighted by Crippen LogP contribution is 2.16. The molecule has 0 aromatic heterocycles. The molecular formula is C73H128O6. The van der Waals surface area contributed by atoms with E-state index >= 15 is 0 Å². The third-order valence-electron chi connectivity index (χ3n) is 14.8. The van der Waals surface area contributed by atoms with Crippen molar-refractivity contribution in [3.05, 3.63) is 85.1 Å². The first-order valence-corrected chi connectivity index (χ1v) is 34.1. The standard InChI is InChI=1S/C73H128O6/c1-4-7-10-13-16-19-22-25-28-31-33-35-36-38-39-42-45-48-51-54-57-60-63-66-72(75)78-69-70(68-77-71(74)65-62-59-56-53-50-47-44-41-30-27-24-21-18-15-12-9-6-3)79-73(76)67-64-61-58-55-52-49-46-43-40-37-34-32-29-26-23-20-17-14-11-8-5-2/h18,21-23,25-27,30-34,36,38,70H,4-17,19-20,24,28-29,35,37,39-69H2,1-3H3/b21-18-,25-22-,26-23-,30-27-,33-31-,34-32-,38-36-. The molecule has 0 aliphatic rings. The van der Waals surface area contributed by atoms with Gasteiger partial charge in [0.1, 0.15) is 13.2 Å².